The summed E-state index contributed by atoms with van der Waals surface area (Å²) in [5.41, 5.74) is 0.990. The minimum Gasteiger partial charge on any atom is -0.459 e. The van der Waals surface area contributed by atoms with Gasteiger partial charge in [-0.15, -0.1) is 0 Å². The van der Waals surface area contributed by atoms with Gasteiger partial charge in [-0.3, -0.25) is 9.59 Å². The van der Waals surface area contributed by atoms with Crippen LogP contribution < -0.4 is 9.80 Å². The van der Waals surface area contributed by atoms with Gasteiger partial charge in [-0.2, -0.15) is 0 Å². The average Bonchev–Trinajstić information content (AvgIpc) is 2.85. The first kappa shape index (κ1) is 19.4. The Bertz CT molecular complexity index is 796. The first-order chi connectivity index (χ1) is 12.8. The molecule has 0 spiro atoms. The maximum atomic E-state index is 12.9. The van der Waals surface area contributed by atoms with E-state index in [4.69, 9.17) is 16.3 Å². The van der Waals surface area contributed by atoms with Gasteiger partial charge < -0.3 is 14.5 Å². The molecule has 0 aromatic heterocycles. The topological polar surface area (TPSA) is 71.4 Å². The number of halogens is 1. The lowest BCUT2D eigenvalue weighted by Gasteiger charge is -2.31. The van der Waals surface area contributed by atoms with Gasteiger partial charge in [-0.05, 0) is 38.1 Å². The van der Waals surface area contributed by atoms with Crippen LogP contribution in [0.5, 0.6) is 0 Å². The Labute approximate surface area is 163 Å². The lowest BCUT2D eigenvalue weighted by atomic mass is 10.2. The van der Waals surface area contributed by atoms with E-state index in [1.54, 1.807) is 26.0 Å². The van der Waals surface area contributed by atoms with E-state index in [1.807, 2.05) is 4.90 Å². The minimum absolute atomic E-state index is 0.0529. The number of imide groups is 1. The van der Waals surface area contributed by atoms with Crippen molar-refractivity contribution in [3.8, 4) is 0 Å². The van der Waals surface area contributed by atoms with Crippen molar-refractivity contribution in [2.24, 2.45) is 0 Å². The van der Waals surface area contributed by atoms with E-state index in [-0.39, 0.29) is 16.8 Å². The molecule has 1 saturated heterocycles. The van der Waals surface area contributed by atoms with Crippen molar-refractivity contribution in [1.82, 2.24) is 4.90 Å². The number of anilines is 1. The van der Waals surface area contributed by atoms with Crippen LogP contribution in [-0.2, 0) is 14.3 Å². The fraction of sp³-hybridized carbons (Fsp3) is 0.421. The Hall–Kier alpha value is -2.38. The second-order valence-corrected chi connectivity index (χ2v) is 7.43. The van der Waals surface area contributed by atoms with Crippen molar-refractivity contribution < 1.29 is 24.0 Å². The molecule has 2 aliphatic heterocycles. The quantitative estimate of drug-likeness (QED) is 0.593. The van der Waals surface area contributed by atoms with Crippen molar-refractivity contribution in [3.63, 3.8) is 0 Å². The van der Waals surface area contributed by atoms with Crippen LogP contribution in [0.25, 0.3) is 0 Å². The molecule has 27 heavy (non-hydrogen) atoms. The van der Waals surface area contributed by atoms with Gasteiger partial charge in [0.1, 0.15) is 10.7 Å². The van der Waals surface area contributed by atoms with Crippen LogP contribution in [0.3, 0.4) is 0 Å². The number of nitrogens with zero attached hydrogens (tertiary/aromatic N) is 2. The molecule has 2 heterocycles. The van der Waals surface area contributed by atoms with Crippen LogP contribution in [0.2, 0.25) is 0 Å². The van der Waals surface area contributed by atoms with Gasteiger partial charge in [0.25, 0.3) is 11.8 Å². The molecule has 0 unspecified atom stereocenters. The van der Waals surface area contributed by atoms with Gasteiger partial charge >= 0.3 is 5.97 Å². The van der Waals surface area contributed by atoms with Gasteiger partial charge in [0.15, 0.2) is 0 Å². The summed E-state index contributed by atoms with van der Waals surface area (Å²) in [6.45, 7) is 6.63. The lowest BCUT2D eigenvalue weighted by Crippen LogP contribution is -3.11. The van der Waals surface area contributed by atoms with Crippen LogP contribution in [0.1, 0.15) is 24.2 Å². The van der Waals surface area contributed by atoms with E-state index in [2.05, 4.69) is 7.05 Å². The second kappa shape index (κ2) is 7.70. The Balaban J connectivity index is 1.79. The highest BCUT2D eigenvalue weighted by molar-refractivity contribution is 6.52. The molecule has 1 aromatic rings. The Morgan fingerprint density at radius 3 is 2.26 bits per heavy atom. The highest BCUT2D eigenvalue weighted by Gasteiger charge is 2.42. The van der Waals surface area contributed by atoms with Crippen LogP contribution in [-0.4, -0.2) is 62.0 Å². The first-order valence-corrected chi connectivity index (χ1v) is 9.33. The number of carbonyl (C=O) groups is 3. The fourth-order valence-corrected chi connectivity index (χ4v) is 3.43. The molecule has 1 fully saturated rings. The molecule has 8 heteroatoms. The molecule has 3 rings (SSSR count). The van der Waals surface area contributed by atoms with Gasteiger partial charge in [0.2, 0.25) is 0 Å². The van der Waals surface area contributed by atoms with E-state index in [9.17, 15) is 14.4 Å². The monoisotopic (exact) mass is 392 g/mol. The zero-order valence-corrected chi connectivity index (χ0v) is 16.4. The standard InChI is InChI=1S/C19H22ClN3O4/c1-12(2)27-19(26)13-4-6-14(7-5-13)23-17(24)15(20)16(18(23)25)22-10-8-21(3)9-11-22/h4-7,12H,8-11H2,1-3H3/p+1. The molecule has 0 bridgehead atoms. The molecule has 2 aliphatic rings. The van der Waals surface area contributed by atoms with Crippen LogP contribution in [0.15, 0.2) is 35.0 Å². The third-order valence-corrected chi connectivity index (χ3v) is 4.98. The highest BCUT2D eigenvalue weighted by atomic mass is 35.5. The number of ether oxygens (including phenoxy) is 1. The third kappa shape index (κ3) is 3.84. The molecular weight excluding hydrogens is 370 g/mol. The van der Waals surface area contributed by atoms with Crippen molar-refractivity contribution >= 4 is 35.1 Å². The summed E-state index contributed by atoms with van der Waals surface area (Å²) in [5.74, 6) is -1.42. The van der Waals surface area contributed by atoms with E-state index in [0.717, 1.165) is 18.0 Å². The highest BCUT2D eigenvalue weighted by Crippen LogP contribution is 2.31. The van der Waals surface area contributed by atoms with Gasteiger partial charge in [0.05, 0.1) is 50.6 Å². The summed E-state index contributed by atoms with van der Waals surface area (Å²) in [4.78, 5) is 41.7. The maximum absolute atomic E-state index is 12.9. The molecule has 0 saturated carbocycles. The van der Waals surface area contributed by atoms with Crippen molar-refractivity contribution in [3.05, 3.63) is 40.6 Å². The number of likely N-dealkylation sites (N-methyl/N-ethyl adjacent to an activating group) is 1. The number of nitrogens with one attached hydrogen (secondary N) is 1. The summed E-state index contributed by atoms with van der Waals surface area (Å²) in [7, 11) is 2.09. The first-order valence-electron chi connectivity index (χ1n) is 8.95. The number of amides is 2. The number of quaternary nitrogens is 1. The Morgan fingerprint density at radius 2 is 1.70 bits per heavy atom. The summed E-state index contributed by atoms with van der Waals surface area (Å²) in [6.07, 6.45) is -0.227. The summed E-state index contributed by atoms with van der Waals surface area (Å²) < 4.78 is 5.14. The fourth-order valence-electron chi connectivity index (χ4n) is 3.14. The van der Waals surface area contributed by atoms with Crippen LogP contribution >= 0.6 is 11.6 Å². The van der Waals surface area contributed by atoms with Gasteiger partial charge in [-0.25, -0.2) is 9.69 Å². The normalized spacial score (nSPS) is 18.7. The molecule has 0 atom stereocenters. The third-order valence-electron chi connectivity index (χ3n) is 4.64. The SMILES string of the molecule is CC(C)OC(=O)c1ccc(N2C(=O)C(Cl)=C(N3CC[NH+](C)CC3)C2=O)cc1. The summed E-state index contributed by atoms with van der Waals surface area (Å²) >= 11 is 6.22. The smallest absolute Gasteiger partial charge is 0.338 e. The zero-order valence-electron chi connectivity index (χ0n) is 15.6. The average molecular weight is 393 g/mol. The van der Waals surface area contributed by atoms with Crippen LogP contribution in [0, 0.1) is 0 Å². The number of hydrogen-bond acceptors (Lipinski definition) is 5. The van der Waals surface area contributed by atoms with Crippen molar-refractivity contribution in [2.45, 2.75) is 20.0 Å². The number of esters is 1. The van der Waals surface area contributed by atoms with E-state index < -0.39 is 17.8 Å². The molecular formula is C19H23ClN3O4+. The number of hydrogen-bond donors (Lipinski definition) is 1. The number of piperazine rings is 1. The van der Waals surface area contributed by atoms with Crippen molar-refractivity contribution in [1.29, 1.82) is 0 Å². The summed E-state index contributed by atoms with van der Waals surface area (Å²) in [5, 5.41) is -0.0529. The predicted molar refractivity (Wildman–Crippen MR) is 101 cm³/mol. The van der Waals surface area contributed by atoms with E-state index >= 15 is 0 Å². The van der Waals surface area contributed by atoms with Crippen LogP contribution in [0.4, 0.5) is 5.69 Å². The Morgan fingerprint density at radius 1 is 1.11 bits per heavy atom. The number of rotatable bonds is 4. The van der Waals surface area contributed by atoms with E-state index in [1.165, 1.54) is 17.0 Å². The van der Waals surface area contributed by atoms with Crippen molar-refractivity contribution in [2.75, 3.05) is 38.1 Å². The molecule has 2 amide bonds. The minimum atomic E-state index is -0.541. The molecule has 144 valence electrons. The lowest BCUT2D eigenvalue weighted by molar-refractivity contribution is -0.883. The van der Waals surface area contributed by atoms with E-state index in [0.29, 0.717) is 24.3 Å². The zero-order chi connectivity index (χ0) is 19.7. The molecule has 1 N–H and O–H groups in total. The molecule has 1 aromatic carbocycles. The Kier molecular flexibility index (Phi) is 5.53. The number of carbonyl (C=O) groups excluding carboxylic acids is 3. The molecule has 0 aliphatic carbocycles. The van der Waals surface area contributed by atoms with Gasteiger partial charge in [0, 0.05) is 0 Å². The second-order valence-electron chi connectivity index (χ2n) is 7.05. The molecule has 7 nitrogen and oxygen atoms in total. The summed E-state index contributed by atoms with van der Waals surface area (Å²) in [6, 6.07) is 6.17. The van der Waals surface area contributed by atoms with Gasteiger partial charge in [-0.1, -0.05) is 11.6 Å². The largest absolute Gasteiger partial charge is 0.459 e. The number of benzene rings is 1. The molecule has 0 radical (unpaired) electrons. The maximum Gasteiger partial charge on any atom is 0.338 e. The predicted octanol–water partition coefficient (Wildman–Crippen LogP) is 0.406.